The molecule has 1 aromatic heterocycles. The maximum Gasteiger partial charge on any atom is 0.264 e. The normalized spacial score (nSPS) is 10.5. The van der Waals surface area contributed by atoms with Gasteiger partial charge in [-0.2, -0.15) is 0 Å². The lowest BCUT2D eigenvalue weighted by molar-refractivity contribution is -0.118. The number of rotatable bonds is 6. The Hall–Kier alpha value is -2.08. The molecule has 25 heavy (non-hydrogen) atoms. The molecule has 0 atom stereocenters. The molecule has 1 amide bonds. The summed E-state index contributed by atoms with van der Waals surface area (Å²) in [6, 6.07) is 14.5. The Morgan fingerprint density at radius 1 is 1.04 bits per heavy atom. The summed E-state index contributed by atoms with van der Waals surface area (Å²) < 4.78 is 5.40. The summed E-state index contributed by atoms with van der Waals surface area (Å²) in [4.78, 5) is 17.2. The number of ether oxygens (including phenoxy) is 1. The second-order valence-electron chi connectivity index (χ2n) is 5.23. The van der Waals surface area contributed by atoms with Gasteiger partial charge in [0.15, 0.2) is 11.7 Å². The maximum absolute atomic E-state index is 11.9. The molecule has 3 rings (SSSR count). The van der Waals surface area contributed by atoms with Crippen molar-refractivity contribution in [2.24, 2.45) is 0 Å². The van der Waals surface area contributed by atoms with Gasteiger partial charge in [-0.25, -0.2) is 4.98 Å². The molecule has 4 nitrogen and oxygen atoms in total. The number of amides is 1. The minimum absolute atomic E-state index is 0.0896. The van der Waals surface area contributed by atoms with Crippen molar-refractivity contribution in [2.75, 3.05) is 11.9 Å². The van der Waals surface area contributed by atoms with Crippen LogP contribution in [0.2, 0.25) is 10.0 Å². The van der Waals surface area contributed by atoms with Gasteiger partial charge < -0.3 is 4.74 Å². The van der Waals surface area contributed by atoms with Gasteiger partial charge in [-0.05, 0) is 42.0 Å². The molecule has 1 heterocycles. The Bertz CT molecular complexity index is 848. The summed E-state index contributed by atoms with van der Waals surface area (Å²) in [7, 11) is 0. The lowest BCUT2D eigenvalue weighted by Gasteiger charge is -2.05. The fourth-order valence-electron chi connectivity index (χ4n) is 2.09. The minimum atomic E-state index is -0.262. The van der Waals surface area contributed by atoms with Crippen LogP contribution in [0.3, 0.4) is 0 Å². The second-order valence-corrected chi connectivity index (χ2v) is 7.21. The molecule has 2 aromatic carbocycles. The number of carbonyl (C=O) groups excluding carboxylic acids is 1. The molecule has 0 bridgehead atoms. The van der Waals surface area contributed by atoms with Crippen LogP contribution in [0.25, 0.3) is 0 Å². The Balaban J connectivity index is 1.51. The number of thiazole rings is 1. The highest BCUT2D eigenvalue weighted by atomic mass is 35.5. The monoisotopic (exact) mass is 392 g/mol. The van der Waals surface area contributed by atoms with E-state index in [0.717, 1.165) is 16.9 Å². The molecule has 0 saturated heterocycles. The van der Waals surface area contributed by atoms with Crippen molar-refractivity contribution < 1.29 is 9.53 Å². The summed E-state index contributed by atoms with van der Waals surface area (Å²) in [5.41, 5.74) is 1.14. The zero-order chi connectivity index (χ0) is 17.6. The van der Waals surface area contributed by atoms with E-state index in [1.54, 1.807) is 30.5 Å². The Morgan fingerprint density at radius 3 is 2.36 bits per heavy atom. The highest BCUT2D eigenvalue weighted by Gasteiger charge is 2.08. The molecule has 0 saturated carbocycles. The molecule has 0 spiro atoms. The van der Waals surface area contributed by atoms with E-state index in [0.29, 0.717) is 20.9 Å². The van der Waals surface area contributed by atoms with E-state index in [1.807, 2.05) is 24.3 Å². The summed E-state index contributed by atoms with van der Waals surface area (Å²) in [6.45, 7) is -0.0896. The van der Waals surface area contributed by atoms with Crippen molar-refractivity contribution >= 4 is 45.6 Å². The third-order valence-corrected chi connectivity index (χ3v) is 4.69. The number of halogens is 2. The van der Waals surface area contributed by atoms with E-state index in [9.17, 15) is 4.79 Å². The van der Waals surface area contributed by atoms with Crippen LogP contribution < -0.4 is 10.1 Å². The predicted molar refractivity (Wildman–Crippen MR) is 102 cm³/mol. The van der Waals surface area contributed by atoms with Crippen molar-refractivity contribution in [3.8, 4) is 5.75 Å². The van der Waals surface area contributed by atoms with Gasteiger partial charge in [0.1, 0.15) is 5.75 Å². The quantitative estimate of drug-likeness (QED) is 0.637. The SMILES string of the molecule is O=C(COc1ccc(Cl)cc1)Nc1ncc(Cc2ccc(Cl)cc2)s1. The Kier molecular flexibility index (Phi) is 5.91. The summed E-state index contributed by atoms with van der Waals surface area (Å²) in [5.74, 6) is 0.324. The highest BCUT2D eigenvalue weighted by molar-refractivity contribution is 7.15. The number of nitrogens with zero attached hydrogens (tertiary/aromatic N) is 1. The van der Waals surface area contributed by atoms with E-state index in [4.69, 9.17) is 27.9 Å². The molecule has 1 N–H and O–H groups in total. The number of aromatic nitrogens is 1. The number of nitrogens with one attached hydrogen (secondary N) is 1. The largest absolute Gasteiger partial charge is 0.484 e. The molecule has 7 heteroatoms. The van der Waals surface area contributed by atoms with Crippen LogP contribution in [0.4, 0.5) is 5.13 Å². The number of hydrogen-bond acceptors (Lipinski definition) is 4. The van der Waals surface area contributed by atoms with Gasteiger partial charge in [0, 0.05) is 27.5 Å². The number of hydrogen-bond donors (Lipinski definition) is 1. The average Bonchev–Trinajstić information content (AvgIpc) is 3.03. The Morgan fingerprint density at radius 2 is 1.68 bits per heavy atom. The van der Waals surface area contributed by atoms with Crippen molar-refractivity contribution in [1.29, 1.82) is 0 Å². The molecule has 0 unspecified atom stereocenters. The van der Waals surface area contributed by atoms with E-state index in [-0.39, 0.29) is 12.5 Å². The van der Waals surface area contributed by atoms with Gasteiger partial charge >= 0.3 is 0 Å². The van der Waals surface area contributed by atoms with Crippen LogP contribution in [0.15, 0.2) is 54.7 Å². The fraction of sp³-hybridized carbons (Fsp3) is 0.111. The van der Waals surface area contributed by atoms with E-state index in [1.165, 1.54) is 11.3 Å². The third kappa shape index (κ3) is 5.46. The lowest BCUT2D eigenvalue weighted by Crippen LogP contribution is -2.19. The number of carbonyl (C=O) groups is 1. The van der Waals surface area contributed by atoms with Crippen LogP contribution in [-0.4, -0.2) is 17.5 Å². The van der Waals surface area contributed by atoms with Crippen LogP contribution in [0.1, 0.15) is 10.4 Å². The van der Waals surface area contributed by atoms with Crippen molar-refractivity contribution in [1.82, 2.24) is 4.98 Å². The van der Waals surface area contributed by atoms with E-state index < -0.39 is 0 Å². The van der Waals surface area contributed by atoms with Gasteiger partial charge in [-0.1, -0.05) is 35.3 Å². The lowest BCUT2D eigenvalue weighted by atomic mass is 10.1. The molecule has 0 aliphatic rings. The summed E-state index contributed by atoms with van der Waals surface area (Å²) in [6.07, 6.45) is 2.50. The van der Waals surface area contributed by atoms with Gasteiger partial charge in [0.25, 0.3) is 5.91 Å². The van der Waals surface area contributed by atoms with Crippen molar-refractivity contribution in [3.63, 3.8) is 0 Å². The highest BCUT2D eigenvalue weighted by Crippen LogP contribution is 2.22. The topological polar surface area (TPSA) is 51.2 Å². The van der Waals surface area contributed by atoms with Crippen molar-refractivity contribution in [3.05, 3.63) is 75.2 Å². The molecule has 0 aliphatic heterocycles. The van der Waals surface area contributed by atoms with Crippen molar-refractivity contribution in [2.45, 2.75) is 6.42 Å². The zero-order valence-electron chi connectivity index (χ0n) is 13.0. The minimum Gasteiger partial charge on any atom is -0.484 e. The first-order valence-corrected chi connectivity index (χ1v) is 9.03. The first-order chi connectivity index (χ1) is 12.1. The molecule has 0 radical (unpaired) electrons. The van der Waals surface area contributed by atoms with Crippen LogP contribution in [-0.2, 0) is 11.2 Å². The number of anilines is 1. The van der Waals surface area contributed by atoms with Gasteiger partial charge in [0.2, 0.25) is 0 Å². The fourth-order valence-corrected chi connectivity index (χ4v) is 3.20. The van der Waals surface area contributed by atoms with Crippen LogP contribution in [0.5, 0.6) is 5.75 Å². The molecule has 3 aromatic rings. The Labute approximate surface area is 159 Å². The standard InChI is InChI=1S/C18H14Cl2N2O2S/c19-13-3-1-12(2-4-13)9-16-10-21-18(25-16)22-17(23)11-24-15-7-5-14(20)6-8-15/h1-8,10H,9,11H2,(H,21,22,23). The third-order valence-electron chi connectivity index (χ3n) is 3.28. The zero-order valence-corrected chi connectivity index (χ0v) is 15.4. The molecular formula is C18H14Cl2N2O2S. The van der Waals surface area contributed by atoms with Crippen LogP contribution in [0, 0.1) is 0 Å². The number of benzene rings is 2. The average molecular weight is 393 g/mol. The summed E-state index contributed by atoms with van der Waals surface area (Å²) >= 11 is 13.1. The molecule has 0 aliphatic carbocycles. The van der Waals surface area contributed by atoms with Crippen LogP contribution >= 0.6 is 34.5 Å². The maximum atomic E-state index is 11.9. The molecule has 128 valence electrons. The van der Waals surface area contributed by atoms with Gasteiger partial charge in [0.05, 0.1) is 0 Å². The van der Waals surface area contributed by atoms with Gasteiger partial charge in [-0.15, -0.1) is 11.3 Å². The van der Waals surface area contributed by atoms with Gasteiger partial charge in [-0.3, -0.25) is 10.1 Å². The first-order valence-electron chi connectivity index (χ1n) is 7.46. The van der Waals surface area contributed by atoms with E-state index in [2.05, 4.69) is 10.3 Å². The second kappa shape index (κ2) is 8.34. The summed E-state index contributed by atoms with van der Waals surface area (Å²) in [5, 5.41) is 4.61. The predicted octanol–water partition coefficient (Wildman–Crippen LogP) is 5.06. The smallest absolute Gasteiger partial charge is 0.264 e. The molecular weight excluding hydrogens is 379 g/mol. The molecule has 0 fully saturated rings. The first kappa shape index (κ1) is 17.7. The van der Waals surface area contributed by atoms with E-state index >= 15 is 0 Å².